The van der Waals surface area contributed by atoms with Crippen LogP contribution in [0.3, 0.4) is 0 Å². The minimum atomic E-state index is -0.177. The zero-order valence-electron chi connectivity index (χ0n) is 9.40. The molecule has 1 N–H and O–H groups in total. The molecule has 0 aliphatic heterocycles. The molecule has 1 aromatic rings. The third kappa shape index (κ3) is 2.93. The molecule has 1 nitrogen and oxygen atoms in total. The molecule has 0 aliphatic rings. The number of hydrogen-bond donors (Lipinski definition) is 1. The van der Waals surface area contributed by atoms with Crippen LogP contribution < -0.4 is 5.32 Å². The Kier molecular flexibility index (Phi) is 4.55. The summed E-state index contributed by atoms with van der Waals surface area (Å²) in [4.78, 5) is 0. The summed E-state index contributed by atoms with van der Waals surface area (Å²) in [7, 11) is 1.89. The SMILES string of the molecule is CCC(CNC)c1cc(F)c(C)cc1Cl. The Balaban J connectivity index is 3.06. The van der Waals surface area contributed by atoms with Gasteiger partial charge in [-0.05, 0) is 49.6 Å². The third-order valence-electron chi connectivity index (χ3n) is 2.66. The maximum atomic E-state index is 13.4. The molecule has 0 aliphatic carbocycles. The molecule has 0 aromatic heterocycles. The predicted octanol–water partition coefficient (Wildman–Crippen LogP) is 3.50. The van der Waals surface area contributed by atoms with Gasteiger partial charge in [0.1, 0.15) is 5.82 Å². The summed E-state index contributed by atoms with van der Waals surface area (Å²) >= 11 is 6.12. The van der Waals surface area contributed by atoms with Crippen molar-refractivity contribution in [2.45, 2.75) is 26.2 Å². The number of likely N-dealkylation sites (N-methyl/N-ethyl adjacent to an activating group) is 1. The van der Waals surface area contributed by atoms with E-state index < -0.39 is 0 Å². The van der Waals surface area contributed by atoms with Crippen molar-refractivity contribution in [3.63, 3.8) is 0 Å². The zero-order valence-corrected chi connectivity index (χ0v) is 10.2. The molecular formula is C12H17ClFN. The number of hydrogen-bond acceptors (Lipinski definition) is 1. The van der Waals surface area contributed by atoms with Crippen LogP contribution in [0.25, 0.3) is 0 Å². The fourth-order valence-electron chi connectivity index (χ4n) is 1.70. The van der Waals surface area contributed by atoms with Gasteiger partial charge in [0.2, 0.25) is 0 Å². The lowest BCUT2D eigenvalue weighted by Gasteiger charge is -2.17. The van der Waals surface area contributed by atoms with Gasteiger partial charge in [0, 0.05) is 11.6 Å². The summed E-state index contributed by atoms with van der Waals surface area (Å²) < 4.78 is 13.4. The lowest BCUT2D eigenvalue weighted by atomic mass is 9.95. The first-order valence-electron chi connectivity index (χ1n) is 5.20. The first kappa shape index (κ1) is 12.5. The molecule has 1 atom stereocenters. The van der Waals surface area contributed by atoms with E-state index in [9.17, 15) is 4.39 Å². The van der Waals surface area contributed by atoms with E-state index in [1.54, 1.807) is 19.1 Å². The molecule has 0 fully saturated rings. The van der Waals surface area contributed by atoms with Crippen LogP contribution in [0.2, 0.25) is 5.02 Å². The lowest BCUT2D eigenvalue weighted by Crippen LogP contribution is -2.17. The minimum absolute atomic E-state index is 0.177. The number of nitrogens with one attached hydrogen (secondary N) is 1. The Morgan fingerprint density at radius 2 is 2.13 bits per heavy atom. The number of aryl methyl sites for hydroxylation is 1. The molecule has 1 aromatic carbocycles. The molecule has 0 spiro atoms. The van der Waals surface area contributed by atoms with E-state index in [2.05, 4.69) is 12.2 Å². The minimum Gasteiger partial charge on any atom is -0.319 e. The summed E-state index contributed by atoms with van der Waals surface area (Å²) in [6, 6.07) is 3.26. The van der Waals surface area contributed by atoms with Gasteiger partial charge in [-0.3, -0.25) is 0 Å². The van der Waals surface area contributed by atoms with E-state index in [1.807, 2.05) is 7.05 Å². The molecule has 0 saturated heterocycles. The van der Waals surface area contributed by atoms with E-state index in [0.717, 1.165) is 18.5 Å². The molecule has 0 heterocycles. The van der Waals surface area contributed by atoms with Gasteiger partial charge in [0.15, 0.2) is 0 Å². The zero-order chi connectivity index (χ0) is 11.4. The van der Waals surface area contributed by atoms with Crippen LogP contribution in [0.15, 0.2) is 12.1 Å². The fourth-order valence-corrected chi connectivity index (χ4v) is 2.07. The molecule has 3 heteroatoms. The average Bonchev–Trinajstić information content (AvgIpc) is 2.20. The molecule has 0 saturated carbocycles. The van der Waals surface area contributed by atoms with E-state index in [4.69, 9.17) is 11.6 Å². The Bertz CT molecular complexity index is 339. The smallest absolute Gasteiger partial charge is 0.126 e. The van der Waals surface area contributed by atoms with Crippen molar-refractivity contribution in [3.8, 4) is 0 Å². The molecule has 84 valence electrons. The second kappa shape index (κ2) is 5.47. The topological polar surface area (TPSA) is 12.0 Å². The first-order valence-corrected chi connectivity index (χ1v) is 5.58. The van der Waals surface area contributed by atoms with Crippen LogP contribution in [0.1, 0.15) is 30.4 Å². The van der Waals surface area contributed by atoms with Crippen LogP contribution in [-0.2, 0) is 0 Å². The van der Waals surface area contributed by atoms with E-state index in [0.29, 0.717) is 10.6 Å². The van der Waals surface area contributed by atoms with Crippen LogP contribution >= 0.6 is 11.6 Å². The summed E-state index contributed by atoms with van der Waals surface area (Å²) in [5, 5.41) is 3.76. The van der Waals surface area contributed by atoms with Crippen molar-refractivity contribution in [3.05, 3.63) is 34.1 Å². The van der Waals surface area contributed by atoms with Gasteiger partial charge in [-0.1, -0.05) is 18.5 Å². The van der Waals surface area contributed by atoms with Gasteiger partial charge in [-0.2, -0.15) is 0 Å². The normalized spacial score (nSPS) is 12.9. The number of rotatable bonds is 4. The van der Waals surface area contributed by atoms with Crippen molar-refractivity contribution < 1.29 is 4.39 Å². The van der Waals surface area contributed by atoms with Crippen molar-refractivity contribution >= 4 is 11.6 Å². The molecule has 0 radical (unpaired) electrons. The number of benzene rings is 1. The van der Waals surface area contributed by atoms with E-state index >= 15 is 0 Å². The Morgan fingerprint density at radius 3 is 2.67 bits per heavy atom. The van der Waals surface area contributed by atoms with Gasteiger partial charge in [0.25, 0.3) is 0 Å². The molecule has 15 heavy (non-hydrogen) atoms. The second-order valence-corrected chi connectivity index (χ2v) is 4.19. The Hall–Kier alpha value is -0.600. The summed E-state index contributed by atoms with van der Waals surface area (Å²) in [6.45, 7) is 4.62. The van der Waals surface area contributed by atoms with Crippen molar-refractivity contribution in [2.24, 2.45) is 0 Å². The standard InChI is InChI=1S/C12H17ClFN/c1-4-9(7-15-3)10-6-12(14)8(2)5-11(10)13/h5-6,9,15H,4,7H2,1-3H3. The summed E-state index contributed by atoms with van der Waals surface area (Å²) in [5.74, 6) is 0.0987. The van der Waals surface area contributed by atoms with Crippen LogP contribution in [-0.4, -0.2) is 13.6 Å². The van der Waals surface area contributed by atoms with Gasteiger partial charge < -0.3 is 5.32 Å². The highest BCUT2D eigenvalue weighted by atomic mass is 35.5. The van der Waals surface area contributed by atoms with Crippen molar-refractivity contribution in [2.75, 3.05) is 13.6 Å². The van der Waals surface area contributed by atoms with E-state index in [-0.39, 0.29) is 11.7 Å². The van der Waals surface area contributed by atoms with Gasteiger partial charge in [0.05, 0.1) is 0 Å². The number of halogens is 2. The Labute approximate surface area is 95.6 Å². The highest BCUT2D eigenvalue weighted by Crippen LogP contribution is 2.28. The van der Waals surface area contributed by atoms with Crippen molar-refractivity contribution in [1.29, 1.82) is 0 Å². The van der Waals surface area contributed by atoms with Gasteiger partial charge in [-0.15, -0.1) is 0 Å². The highest BCUT2D eigenvalue weighted by Gasteiger charge is 2.14. The van der Waals surface area contributed by atoms with Crippen LogP contribution in [0.4, 0.5) is 4.39 Å². The second-order valence-electron chi connectivity index (χ2n) is 3.79. The quantitative estimate of drug-likeness (QED) is 0.833. The summed E-state index contributed by atoms with van der Waals surface area (Å²) in [5.41, 5.74) is 1.50. The third-order valence-corrected chi connectivity index (χ3v) is 2.99. The maximum absolute atomic E-state index is 13.4. The molecule has 0 amide bonds. The van der Waals surface area contributed by atoms with Gasteiger partial charge >= 0.3 is 0 Å². The van der Waals surface area contributed by atoms with Crippen LogP contribution in [0, 0.1) is 12.7 Å². The molecule has 1 rings (SSSR count). The highest BCUT2D eigenvalue weighted by molar-refractivity contribution is 6.31. The lowest BCUT2D eigenvalue weighted by molar-refractivity contribution is 0.589. The molecule has 0 bridgehead atoms. The first-order chi connectivity index (χ1) is 7.10. The largest absolute Gasteiger partial charge is 0.319 e. The Morgan fingerprint density at radius 1 is 1.47 bits per heavy atom. The maximum Gasteiger partial charge on any atom is 0.126 e. The predicted molar refractivity (Wildman–Crippen MR) is 63.1 cm³/mol. The monoisotopic (exact) mass is 229 g/mol. The summed E-state index contributed by atoms with van der Waals surface area (Å²) in [6.07, 6.45) is 0.947. The molecular weight excluding hydrogens is 213 g/mol. The fraction of sp³-hybridized carbons (Fsp3) is 0.500. The molecule has 1 unspecified atom stereocenters. The van der Waals surface area contributed by atoms with E-state index in [1.165, 1.54) is 0 Å². The van der Waals surface area contributed by atoms with Crippen LogP contribution in [0.5, 0.6) is 0 Å². The van der Waals surface area contributed by atoms with Crippen molar-refractivity contribution in [1.82, 2.24) is 5.32 Å². The average molecular weight is 230 g/mol. The van der Waals surface area contributed by atoms with Gasteiger partial charge in [-0.25, -0.2) is 4.39 Å².